The summed E-state index contributed by atoms with van der Waals surface area (Å²) in [5.41, 5.74) is 1.37. The SMILES string of the molecule is C=C1C2C[C@@H]3C(=O)[C@](C)(C2)[C@@H]1C[C@H]3C(C)C. The highest BCUT2D eigenvalue weighted by atomic mass is 16.1. The van der Waals surface area contributed by atoms with Crippen LogP contribution in [0.4, 0.5) is 0 Å². The lowest BCUT2D eigenvalue weighted by molar-refractivity contribution is -0.144. The second-order valence-electron chi connectivity index (χ2n) is 6.80. The maximum absolute atomic E-state index is 12.6. The highest BCUT2D eigenvalue weighted by Crippen LogP contribution is 2.64. The summed E-state index contributed by atoms with van der Waals surface area (Å²) in [4.78, 5) is 12.6. The Bertz CT molecular complexity index is 368. The van der Waals surface area contributed by atoms with Crippen molar-refractivity contribution in [2.75, 3.05) is 0 Å². The number of carbonyl (C=O) groups excluding carboxylic acids is 1. The van der Waals surface area contributed by atoms with Crippen molar-refractivity contribution in [3.8, 4) is 0 Å². The Morgan fingerprint density at radius 2 is 2.06 bits per heavy atom. The Balaban J connectivity index is 2.06. The van der Waals surface area contributed by atoms with E-state index in [1.54, 1.807) is 0 Å². The van der Waals surface area contributed by atoms with E-state index < -0.39 is 0 Å². The van der Waals surface area contributed by atoms with Crippen molar-refractivity contribution in [1.82, 2.24) is 0 Å². The molecule has 0 aromatic heterocycles. The van der Waals surface area contributed by atoms with Crippen molar-refractivity contribution >= 4 is 5.78 Å². The van der Waals surface area contributed by atoms with Gasteiger partial charge in [0.25, 0.3) is 0 Å². The van der Waals surface area contributed by atoms with Crippen molar-refractivity contribution < 1.29 is 4.79 Å². The normalized spacial score (nSPS) is 50.5. The summed E-state index contributed by atoms with van der Waals surface area (Å²) in [6, 6.07) is 0. The van der Waals surface area contributed by atoms with Gasteiger partial charge >= 0.3 is 0 Å². The first-order valence-electron chi connectivity index (χ1n) is 6.68. The molecule has 0 spiro atoms. The Labute approximate surface area is 98.3 Å². The molecule has 0 aromatic carbocycles. The summed E-state index contributed by atoms with van der Waals surface area (Å²) in [5, 5.41) is 0. The van der Waals surface area contributed by atoms with Crippen molar-refractivity contribution in [2.45, 2.75) is 40.0 Å². The summed E-state index contributed by atoms with van der Waals surface area (Å²) in [6.07, 6.45) is 3.42. The monoisotopic (exact) mass is 218 g/mol. The molecule has 3 aliphatic carbocycles. The fourth-order valence-corrected chi connectivity index (χ4v) is 4.78. The molecule has 0 aromatic rings. The molecule has 0 amide bonds. The largest absolute Gasteiger partial charge is 0.299 e. The van der Waals surface area contributed by atoms with E-state index in [9.17, 15) is 4.79 Å². The molecule has 1 nitrogen and oxygen atoms in total. The summed E-state index contributed by atoms with van der Waals surface area (Å²) in [6.45, 7) is 11.0. The summed E-state index contributed by atoms with van der Waals surface area (Å²) >= 11 is 0. The molecule has 3 aliphatic rings. The van der Waals surface area contributed by atoms with Crippen LogP contribution >= 0.6 is 0 Å². The first-order valence-corrected chi connectivity index (χ1v) is 6.68. The molecule has 0 N–H and O–H groups in total. The Morgan fingerprint density at radius 1 is 1.38 bits per heavy atom. The number of Topliss-reactive ketones (excluding diaryl/α,β-unsaturated/α-hetero) is 1. The summed E-state index contributed by atoms with van der Waals surface area (Å²) in [5.74, 6) is 3.33. The number of rotatable bonds is 1. The van der Waals surface area contributed by atoms with Gasteiger partial charge < -0.3 is 0 Å². The smallest absolute Gasteiger partial charge is 0.142 e. The molecule has 3 rings (SSSR count). The van der Waals surface area contributed by atoms with Crippen LogP contribution in [0.25, 0.3) is 0 Å². The molecule has 16 heavy (non-hydrogen) atoms. The molecule has 3 fully saturated rings. The zero-order valence-corrected chi connectivity index (χ0v) is 10.6. The van der Waals surface area contributed by atoms with Gasteiger partial charge in [-0.2, -0.15) is 0 Å². The van der Waals surface area contributed by atoms with Crippen LogP contribution in [0.2, 0.25) is 0 Å². The molecule has 88 valence electrons. The fourth-order valence-electron chi connectivity index (χ4n) is 4.78. The van der Waals surface area contributed by atoms with E-state index >= 15 is 0 Å². The van der Waals surface area contributed by atoms with Crippen molar-refractivity contribution in [2.24, 2.45) is 35.0 Å². The van der Waals surface area contributed by atoms with E-state index in [1.165, 1.54) is 12.0 Å². The number of fused-ring (bicyclic) bond motifs is 2. The van der Waals surface area contributed by atoms with Crippen LogP contribution in [0.1, 0.15) is 40.0 Å². The zero-order chi connectivity index (χ0) is 11.7. The van der Waals surface area contributed by atoms with Crippen LogP contribution in [-0.2, 0) is 4.79 Å². The molecular weight excluding hydrogens is 196 g/mol. The highest BCUT2D eigenvalue weighted by Gasteiger charge is 2.62. The standard InChI is InChI=1S/C15H22O/c1-8(2)11-6-13-9(3)10-5-12(11)14(16)15(13,4)7-10/h8,10-13H,3,5-7H2,1-2,4H3/t10?,11-,12-,13+,15+/m0/s1. The minimum absolute atomic E-state index is 0.0317. The Kier molecular flexibility index (Phi) is 1.98. The second-order valence-corrected chi connectivity index (χ2v) is 6.80. The van der Waals surface area contributed by atoms with Gasteiger partial charge in [-0.15, -0.1) is 0 Å². The zero-order valence-electron chi connectivity index (χ0n) is 10.6. The molecule has 3 bridgehead atoms. The van der Waals surface area contributed by atoms with E-state index in [4.69, 9.17) is 0 Å². The molecule has 0 radical (unpaired) electrons. The number of allylic oxidation sites excluding steroid dienone is 1. The number of carbonyl (C=O) groups is 1. The van der Waals surface area contributed by atoms with Gasteiger partial charge in [-0.1, -0.05) is 32.9 Å². The van der Waals surface area contributed by atoms with E-state index in [-0.39, 0.29) is 5.41 Å². The number of hydrogen-bond acceptors (Lipinski definition) is 1. The Morgan fingerprint density at radius 3 is 2.69 bits per heavy atom. The molecule has 5 atom stereocenters. The molecular formula is C15H22O. The van der Waals surface area contributed by atoms with Crippen LogP contribution < -0.4 is 0 Å². The maximum atomic E-state index is 12.6. The van der Waals surface area contributed by atoms with Crippen molar-refractivity contribution in [1.29, 1.82) is 0 Å². The lowest BCUT2D eigenvalue weighted by Gasteiger charge is -2.46. The van der Waals surface area contributed by atoms with Gasteiger partial charge in [-0.3, -0.25) is 4.79 Å². The first-order chi connectivity index (χ1) is 7.45. The van der Waals surface area contributed by atoms with Crippen LogP contribution in [0.3, 0.4) is 0 Å². The van der Waals surface area contributed by atoms with Crippen molar-refractivity contribution in [3.63, 3.8) is 0 Å². The summed E-state index contributed by atoms with van der Waals surface area (Å²) < 4.78 is 0. The van der Waals surface area contributed by atoms with Gasteiger partial charge in [0.05, 0.1) is 0 Å². The first kappa shape index (κ1) is 10.6. The predicted octanol–water partition coefficient (Wildman–Crippen LogP) is 3.45. The van der Waals surface area contributed by atoms with Gasteiger partial charge in [-0.25, -0.2) is 0 Å². The molecule has 0 saturated heterocycles. The Hall–Kier alpha value is -0.590. The topological polar surface area (TPSA) is 17.1 Å². The van der Waals surface area contributed by atoms with E-state index in [0.29, 0.717) is 35.4 Å². The third-order valence-corrected chi connectivity index (χ3v) is 5.73. The third kappa shape index (κ3) is 1.05. The maximum Gasteiger partial charge on any atom is 0.142 e. The van der Waals surface area contributed by atoms with E-state index in [2.05, 4.69) is 27.4 Å². The van der Waals surface area contributed by atoms with Crippen LogP contribution in [0.5, 0.6) is 0 Å². The minimum atomic E-state index is -0.0317. The summed E-state index contributed by atoms with van der Waals surface area (Å²) in [7, 11) is 0. The molecule has 1 heteroatoms. The van der Waals surface area contributed by atoms with Gasteiger partial charge in [0.1, 0.15) is 5.78 Å². The lowest BCUT2D eigenvalue weighted by atomic mass is 9.56. The third-order valence-electron chi connectivity index (χ3n) is 5.73. The van der Waals surface area contributed by atoms with Gasteiger partial charge in [0.2, 0.25) is 0 Å². The van der Waals surface area contributed by atoms with Crippen LogP contribution in [0.15, 0.2) is 12.2 Å². The fraction of sp³-hybridized carbons (Fsp3) is 0.800. The van der Waals surface area contributed by atoms with Gasteiger partial charge in [0.15, 0.2) is 0 Å². The van der Waals surface area contributed by atoms with E-state index in [0.717, 1.165) is 12.8 Å². The van der Waals surface area contributed by atoms with Gasteiger partial charge in [0, 0.05) is 11.3 Å². The van der Waals surface area contributed by atoms with Crippen LogP contribution in [-0.4, -0.2) is 5.78 Å². The molecule has 0 aliphatic heterocycles. The van der Waals surface area contributed by atoms with E-state index in [1.807, 2.05) is 0 Å². The molecule has 3 saturated carbocycles. The predicted molar refractivity (Wildman–Crippen MR) is 64.9 cm³/mol. The van der Waals surface area contributed by atoms with Crippen LogP contribution in [0, 0.1) is 35.0 Å². The van der Waals surface area contributed by atoms with Crippen molar-refractivity contribution in [3.05, 3.63) is 12.2 Å². The number of ketones is 1. The highest BCUT2D eigenvalue weighted by molar-refractivity contribution is 5.90. The van der Waals surface area contributed by atoms with Gasteiger partial charge in [-0.05, 0) is 42.9 Å². The lowest BCUT2D eigenvalue weighted by Crippen LogP contribution is -2.48. The average Bonchev–Trinajstić information content (AvgIpc) is 2.32. The average molecular weight is 218 g/mol. The minimum Gasteiger partial charge on any atom is -0.299 e. The molecule has 1 unspecified atom stereocenters. The molecule has 0 heterocycles. The second kappa shape index (κ2) is 3.00. The quantitative estimate of drug-likeness (QED) is 0.616. The number of hydrogen-bond donors (Lipinski definition) is 0.